The van der Waals surface area contributed by atoms with Crippen molar-refractivity contribution in [3.8, 4) is 41.0 Å². The molecule has 0 unspecified atom stereocenters. The zero-order valence-electron chi connectivity index (χ0n) is 68.0. The van der Waals surface area contributed by atoms with Crippen LogP contribution < -0.4 is 29.1 Å². The molecule has 0 aliphatic rings. The maximum atomic E-state index is 8.83. The van der Waals surface area contributed by atoms with Crippen molar-refractivity contribution in [1.29, 1.82) is 5.26 Å². The number of ether oxygens (including phenoxy) is 2. The molecular formula is C89H125N5O2. The van der Waals surface area contributed by atoms with Gasteiger partial charge in [-0.25, -0.2) is 0 Å². The molecule has 96 heavy (non-hydrogen) atoms. The smallest absolute Gasteiger partial charge is 0.122 e. The van der Waals surface area contributed by atoms with Gasteiger partial charge in [0.25, 0.3) is 0 Å². The van der Waals surface area contributed by atoms with Gasteiger partial charge in [-0.1, -0.05) is 285 Å². The summed E-state index contributed by atoms with van der Waals surface area (Å²) in [5, 5.41) is 8.83. The standard InChI is InChI=1S/C16H18.C14H24N2.C13H13N.2C12H19N.2C11H16O/c1-16(2,3)15-11-9-14(10-12-15)13-7-5-4-6-8-13;1-14(2,3)13-11(15(4)5)9-8-10-12(13)16(6)7;1-5-10-6-11(9-14)8-12(7-10)13(2,3)4;2*1-12(2,3)10-8-6-7-9-11(10)13(4)5;2*1-11(2,3)9-7-5-6-8-10(9)12-4/h4-12H,1-3H3;8-10H,1-7H3;1,6-8H,2-4H3;2*6-9H,1-5H3;2*5-8H,1-4H3/i;;;4D3;;;. The Morgan fingerprint density at radius 3 is 0.958 bits per heavy atom. The van der Waals surface area contributed by atoms with Crippen LogP contribution in [0.4, 0.5) is 22.7 Å². The number of nitrogens with zero attached hydrogens (tertiary/aromatic N) is 5. The predicted octanol–water partition coefficient (Wildman–Crippen LogP) is 22.7. The van der Waals surface area contributed by atoms with Crippen LogP contribution in [0.3, 0.4) is 0 Å². The highest BCUT2D eigenvalue weighted by Gasteiger charge is 2.25. The Bertz CT molecular complexity index is 3680. The molecule has 0 N–H and O–H groups in total. The van der Waals surface area contributed by atoms with Gasteiger partial charge in [0.05, 0.1) is 25.9 Å². The second-order valence-electron chi connectivity index (χ2n) is 32.1. The van der Waals surface area contributed by atoms with E-state index in [-0.39, 0.29) is 37.9 Å². The van der Waals surface area contributed by atoms with E-state index in [1.165, 1.54) is 60.9 Å². The van der Waals surface area contributed by atoms with Crippen LogP contribution in [-0.2, 0) is 37.9 Å². The first kappa shape index (κ1) is 78.3. The molecule has 7 nitrogen and oxygen atoms in total. The minimum Gasteiger partial charge on any atom is -0.496 e. The largest absolute Gasteiger partial charge is 0.496 e. The number of benzene rings is 8. The zero-order chi connectivity index (χ0) is 75.9. The molecular weight excluding hydrogens is 1170 g/mol. The Balaban J connectivity index is 0.000000394. The second kappa shape index (κ2) is 36.6. The van der Waals surface area contributed by atoms with Crippen LogP contribution in [0.25, 0.3) is 11.1 Å². The molecule has 7 heteroatoms. The minimum atomic E-state index is -2.10. The van der Waals surface area contributed by atoms with Gasteiger partial charge in [-0.15, -0.1) is 6.42 Å². The fourth-order valence-corrected chi connectivity index (χ4v) is 10.5. The molecule has 0 aliphatic heterocycles. The summed E-state index contributed by atoms with van der Waals surface area (Å²) in [6, 6.07) is 66.1. The van der Waals surface area contributed by atoms with E-state index in [9.17, 15) is 0 Å². The molecule has 0 amide bonds. The van der Waals surface area contributed by atoms with Crippen molar-refractivity contribution in [2.75, 3.05) is 90.1 Å². The van der Waals surface area contributed by atoms with E-state index in [1.807, 2.05) is 78.9 Å². The first-order valence-electron chi connectivity index (χ1n) is 35.0. The van der Waals surface area contributed by atoms with Crippen LogP contribution in [0.15, 0.2) is 188 Å². The predicted molar refractivity (Wildman–Crippen MR) is 424 cm³/mol. The van der Waals surface area contributed by atoms with Crippen LogP contribution in [0.1, 0.15) is 200 Å². The Morgan fingerprint density at radius 1 is 0.333 bits per heavy atom. The Kier molecular flexibility index (Phi) is 29.9. The van der Waals surface area contributed by atoms with Crippen LogP contribution in [-0.4, -0.2) is 70.5 Å². The van der Waals surface area contributed by atoms with Gasteiger partial charge in [0.1, 0.15) is 11.5 Å². The van der Waals surface area contributed by atoms with E-state index in [1.54, 1.807) is 27.3 Å². The molecule has 518 valence electrons. The molecule has 0 spiro atoms. The van der Waals surface area contributed by atoms with Crippen molar-refractivity contribution in [2.45, 2.75) is 183 Å². The molecule has 0 heterocycles. The van der Waals surface area contributed by atoms with Gasteiger partial charge in [-0.2, -0.15) is 5.26 Å². The number of terminal acetylenes is 1. The minimum absolute atomic E-state index is 0.0263. The first-order valence-corrected chi connectivity index (χ1v) is 33.5. The van der Waals surface area contributed by atoms with Crippen LogP contribution >= 0.6 is 0 Å². The summed E-state index contributed by atoms with van der Waals surface area (Å²) in [4.78, 5) is 7.90. The average molecular weight is 1300 g/mol. The molecule has 8 aromatic rings. The molecule has 0 bridgehead atoms. The number of rotatable bonds is 7. The number of para-hydroxylation sites is 4. The zero-order valence-corrected chi connectivity index (χ0v) is 65.0. The fourth-order valence-electron chi connectivity index (χ4n) is 10.5. The molecule has 0 fully saturated rings. The molecule has 0 aliphatic carbocycles. The van der Waals surface area contributed by atoms with Crippen molar-refractivity contribution < 1.29 is 13.6 Å². The van der Waals surface area contributed by atoms with Gasteiger partial charge in [0.15, 0.2) is 0 Å². The van der Waals surface area contributed by atoms with Crippen LogP contribution in [0.5, 0.6) is 11.5 Å². The molecule has 8 rings (SSSR count). The van der Waals surface area contributed by atoms with E-state index in [4.69, 9.17) is 25.3 Å². The lowest BCUT2D eigenvalue weighted by molar-refractivity contribution is 0.397. The van der Waals surface area contributed by atoms with Crippen LogP contribution in [0.2, 0.25) is 0 Å². The van der Waals surface area contributed by atoms with Crippen molar-refractivity contribution in [2.24, 2.45) is 0 Å². The van der Waals surface area contributed by atoms with E-state index < -0.39 is 6.98 Å². The number of hydrogen-bond donors (Lipinski definition) is 0. The molecule has 8 aromatic carbocycles. The third-order valence-electron chi connectivity index (χ3n) is 15.8. The number of nitriles is 1. The summed E-state index contributed by atoms with van der Waals surface area (Å²) < 4.78 is 32.9. The SMILES string of the molecule is C#Cc1cc(C#N)cc(C(C)(C)C)c1.CC(C)(C)c1ccc(-c2ccccc2)cc1.CN(C)c1cccc(N(C)C)c1C(C)(C)C.CN(C)c1ccccc1C(C)(C)C.COc1ccccc1C(C)(C)C.COc1ccccc1C(C)(C)C.[2H]C([2H])([2H])N(C)c1ccccc1C(C)(C)C. The normalized spacial score (nSPS) is 11.9. The van der Waals surface area contributed by atoms with E-state index >= 15 is 0 Å². The van der Waals surface area contributed by atoms with Gasteiger partial charge >= 0.3 is 0 Å². The lowest BCUT2D eigenvalue weighted by atomic mass is 9.84. The maximum Gasteiger partial charge on any atom is 0.122 e. The Labute approximate surface area is 591 Å². The highest BCUT2D eigenvalue weighted by molar-refractivity contribution is 5.70. The van der Waals surface area contributed by atoms with E-state index in [0.29, 0.717) is 5.56 Å². The first-order chi connectivity index (χ1) is 45.5. The highest BCUT2D eigenvalue weighted by atomic mass is 16.5. The quantitative estimate of drug-likeness (QED) is 0.147. The molecule has 0 saturated carbocycles. The third kappa shape index (κ3) is 27.4. The summed E-state index contributed by atoms with van der Waals surface area (Å²) in [5.74, 6) is 4.52. The Hall–Kier alpha value is -8.39. The maximum absolute atomic E-state index is 8.83. The average Bonchev–Trinajstić information content (AvgIpc) is 0.803. The highest BCUT2D eigenvalue weighted by Crippen LogP contribution is 2.39. The topological polar surface area (TPSA) is 55.2 Å². The van der Waals surface area contributed by atoms with E-state index in [2.05, 4.69) is 318 Å². The van der Waals surface area contributed by atoms with Crippen molar-refractivity contribution in [3.63, 3.8) is 0 Å². The summed E-state index contributed by atoms with van der Waals surface area (Å²) >= 11 is 0. The summed E-state index contributed by atoms with van der Waals surface area (Å²) in [6.45, 7) is 43.8. The molecule has 0 aromatic heterocycles. The summed E-state index contributed by atoms with van der Waals surface area (Å²) in [6.07, 6.45) is 5.33. The van der Waals surface area contributed by atoms with Crippen molar-refractivity contribution in [3.05, 3.63) is 238 Å². The molecule has 0 saturated heterocycles. The van der Waals surface area contributed by atoms with Crippen molar-refractivity contribution in [1.82, 2.24) is 0 Å². The number of hydrogen-bond acceptors (Lipinski definition) is 7. The van der Waals surface area contributed by atoms with Gasteiger partial charge < -0.3 is 29.1 Å². The van der Waals surface area contributed by atoms with Gasteiger partial charge in [-0.05, 0) is 137 Å². The summed E-state index contributed by atoms with van der Waals surface area (Å²) in [5.41, 5.74) is 18.4. The van der Waals surface area contributed by atoms with E-state index in [0.717, 1.165) is 33.9 Å². The number of anilines is 4. The monoisotopic (exact) mass is 1300 g/mol. The molecule has 0 atom stereocenters. The van der Waals surface area contributed by atoms with Crippen LogP contribution in [0, 0.1) is 23.7 Å². The molecule has 0 radical (unpaired) electrons. The second-order valence-corrected chi connectivity index (χ2v) is 32.1. The lowest BCUT2D eigenvalue weighted by Gasteiger charge is -2.31. The van der Waals surface area contributed by atoms with Gasteiger partial charge in [0.2, 0.25) is 0 Å². The van der Waals surface area contributed by atoms with Gasteiger partial charge in [-0.3, -0.25) is 0 Å². The number of methoxy groups -OCH3 is 2. The fraction of sp³-hybridized carbons (Fsp3) is 0.427. The van der Waals surface area contributed by atoms with Crippen molar-refractivity contribution >= 4 is 22.7 Å². The third-order valence-corrected chi connectivity index (χ3v) is 15.8. The summed E-state index contributed by atoms with van der Waals surface area (Å²) in [7, 11) is 17.6. The van der Waals surface area contributed by atoms with Gasteiger partial charge in [0, 0.05) is 94.3 Å². The Morgan fingerprint density at radius 2 is 0.656 bits per heavy atom. The lowest BCUT2D eigenvalue weighted by Crippen LogP contribution is -2.23.